The molecule has 1 N–H and O–H groups in total. The van der Waals surface area contributed by atoms with Gasteiger partial charge in [-0.05, 0) is 37.6 Å². The van der Waals surface area contributed by atoms with E-state index < -0.39 is 0 Å². The number of nitrogens with zero attached hydrogens (tertiary/aromatic N) is 3. The van der Waals surface area contributed by atoms with Gasteiger partial charge in [0.1, 0.15) is 5.69 Å². The van der Waals surface area contributed by atoms with Crippen molar-refractivity contribution >= 4 is 6.08 Å². The van der Waals surface area contributed by atoms with Crippen LogP contribution < -0.4 is 5.32 Å². The summed E-state index contributed by atoms with van der Waals surface area (Å²) in [4.78, 5) is 1.65. The third-order valence-corrected chi connectivity index (χ3v) is 2.85. The first-order valence-electron chi connectivity index (χ1n) is 7.01. The first-order valence-corrected chi connectivity index (χ1v) is 7.01. The second kappa shape index (κ2) is 7.01. The number of hydrogen-bond donors (Lipinski definition) is 1. The highest BCUT2D eigenvalue weighted by Crippen LogP contribution is 2.07. The summed E-state index contributed by atoms with van der Waals surface area (Å²) in [7, 11) is 0. The minimum atomic E-state index is 0.668. The summed E-state index contributed by atoms with van der Waals surface area (Å²) in [5.74, 6) is 0.668. The molecule has 0 aliphatic heterocycles. The van der Waals surface area contributed by atoms with Crippen molar-refractivity contribution in [2.45, 2.75) is 20.8 Å². The number of aromatic nitrogens is 3. The van der Waals surface area contributed by atoms with Gasteiger partial charge in [-0.15, -0.1) is 5.10 Å². The minimum Gasteiger partial charge on any atom is -0.313 e. The number of nitrogens with one attached hydrogen (secondary N) is 1. The summed E-state index contributed by atoms with van der Waals surface area (Å²) in [5.41, 5.74) is 3.12. The van der Waals surface area contributed by atoms with Crippen LogP contribution in [-0.2, 0) is 0 Å². The Labute approximate surface area is 120 Å². The van der Waals surface area contributed by atoms with E-state index in [0.717, 1.165) is 24.5 Å². The van der Waals surface area contributed by atoms with Gasteiger partial charge in [0.05, 0.1) is 11.9 Å². The summed E-state index contributed by atoms with van der Waals surface area (Å²) in [6.07, 6.45) is 3.86. The maximum atomic E-state index is 4.47. The van der Waals surface area contributed by atoms with Gasteiger partial charge >= 0.3 is 0 Å². The first-order chi connectivity index (χ1) is 9.65. The Balaban J connectivity index is 1.98. The van der Waals surface area contributed by atoms with Crippen LogP contribution in [0.5, 0.6) is 0 Å². The van der Waals surface area contributed by atoms with Gasteiger partial charge in [-0.3, -0.25) is 0 Å². The molecule has 0 fully saturated rings. The van der Waals surface area contributed by atoms with E-state index >= 15 is 0 Å². The van der Waals surface area contributed by atoms with E-state index in [1.807, 2.05) is 30.3 Å². The third-order valence-electron chi connectivity index (χ3n) is 2.85. The van der Waals surface area contributed by atoms with Gasteiger partial charge in [-0.25, -0.2) is 0 Å². The van der Waals surface area contributed by atoms with E-state index in [1.165, 1.54) is 5.57 Å². The Kier molecular flexibility index (Phi) is 5.07. The molecule has 0 aliphatic carbocycles. The lowest BCUT2D eigenvalue weighted by atomic mass is 10.2. The second-order valence-corrected chi connectivity index (χ2v) is 5.41. The maximum absolute atomic E-state index is 4.47. The van der Waals surface area contributed by atoms with E-state index in [4.69, 9.17) is 0 Å². The second-order valence-electron chi connectivity index (χ2n) is 5.41. The maximum Gasteiger partial charge on any atom is 0.106 e. The SMILES string of the molecule is CC(=Cc1cnn(-c2ccccc2)n1)CNCC(C)C. The summed E-state index contributed by atoms with van der Waals surface area (Å²) in [6.45, 7) is 8.43. The molecule has 2 aromatic rings. The summed E-state index contributed by atoms with van der Waals surface area (Å²) >= 11 is 0. The molecule has 0 bridgehead atoms. The Hall–Kier alpha value is -1.94. The molecule has 0 unspecified atom stereocenters. The molecule has 0 saturated heterocycles. The largest absolute Gasteiger partial charge is 0.313 e. The first kappa shape index (κ1) is 14.5. The van der Waals surface area contributed by atoms with Crippen molar-refractivity contribution in [1.82, 2.24) is 20.3 Å². The molecule has 106 valence electrons. The Morgan fingerprint density at radius 3 is 2.75 bits per heavy atom. The van der Waals surface area contributed by atoms with Crippen LogP contribution in [0.3, 0.4) is 0 Å². The van der Waals surface area contributed by atoms with Crippen LogP contribution in [0.15, 0.2) is 42.1 Å². The van der Waals surface area contributed by atoms with Gasteiger partial charge in [0.15, 0.2) is 0 Å². The predicted molar refractivity (Wildman–Crippen MR) is 82.7 cm³/mol. The van der Waals surface area contributed by atoms with Crippen LogP contribution >= 0.6 is 0 Å². The summed E-state index contributed by atoms with van der Waals surface area (Å²) in [5, 5.41) is 12.2. The van der Waals surface area contributed by atoms with Crippen LogP contribution in [0, 0.1) is 5.92 Å². The predicted octanol–water partition coefficient (Wildman–Crippen LogP) is 2.92. The van der Waals surface area contributed by atoms with Crippen LogP contribution in [0.1, 0.15) is 26.5 Å². The molecule has 0 spiro atoms. The highest BCUT2D eigenvalue weighted by molar-refractivity contribution is 5.47. The average molecular weight is 270 g/mol. The van der Waals surface area contributed by atoms with Gasteiger partial charge in [0, 0.05) is 6.54 Å². The van der Waals surface area contributed by atoms with E-state index in [1.54, 1.807) is 11.0 Å². The molecular weight excluding hydrogens is 248 g/mol. The van der Waals surface area contributed by atoms with Crippen molar-refractivity contribution in [1.29, 1.82) is 0 Å². The van der Waals surface area contributed by atoms with Gasteiger partial charge < -0.3 is 5.32 Å². The minimum absolute atomic E-state index is 0.668. The molecule has 4 heteroatoms. The van der Waals surface area contributed by atoms with Crippen LogP contribution in [0.2, 0.25) is 0 Å². The highest BCUT2D eigenvalue weighted by atomic mass is 15.5. The number of para-hydroxylation sites is 1. The number of benzene rings is 1. The van der Waals surface area contributed by atoms with E-state index in [-0.39, 0.29) is 0 Å². The average Bonchev–Trinajstić information content (AvgIpc) is 2.88. The summed E-state index contributed by atoms with van der Waals surface area (Å²) in [6, 6.07) is 9.93. The van der Waals surface area contributed by atoms with E-state index in [9.17, 15) is 0 Å². The smallest absolute Gasteiger partial charge is 0.106 e. The Bertz CT molecular complexity index is 555. The molecule has 1 aromatic carbocycles. The fourth-order valence-electron chi connectivity index (χ4n) is 1.89. The van der Waals surface area contributed by atoms with Crippen molar-refractivity contribution in [2.75, 3.05) is 13.1 Å². The topological polar surface area (TPSA) is 42.7 Å². The molecule has 0 radical (unpaired) electrons. The molecule has 20 heavy (non-hydrogen) atoms. The van der Waals surface area contributed by atoms with Gasteiger partial charge in [0.25, 0.3) is 0 Å². The molecule has 1 aromatic heterocycles. The fourth-order valence-corrected chi connectivity index (χ4v) is 1.89. The summed E-state index contributed by atoms with van der Waals surface area (Å²) < 4.78 is 0. The molecule has 0 saturated carbocycles. The van der Waals surface area contributed by atoms with E-state index in [0.29, 0.717) is 5.92 Å². The normalized spacial score (nSPS) is 12.1. The lowest BCUT2D eigenvalue weighted by Gasteiger charge is -2.06. The monoisotopic (exact) mass is 270 g/mol. The van der Waals surface area contributed by atoms with Crippen molar-refractivity contribution in [3.8, 4) is 5.69 Å². The van der Waals surface area contributed by atoms with Crippen molar-refractivity contribution in [3.05, 3.63) is 47.8 Å². The van der Waals surface area contributed by atoms with Crippen LogP contribution in [0.4, 0.5) is 0 Å². The molecular formula is C16H22N4. The van der Waals surface area contributed by atoms with E-state index in [2.05, 4.69) is 42.4 Å². The molecule has 0 aliphatic rings. The van der Waals surface area contributed by atoms with Crippen LogP contribution in [-0.4, -0.2) is 28.1 Å². The molecule has 4 nitrogen and oxygen atoms in total. The molecule has 0 amide bonds. The standard InChI is InChI=1S/C16H22N4/c1-13(2)10-17-11-14(3)9-15-12-18-20(19-15)16-7-5-4-6-8-16/h4-9,12-13,17H,10-11H2,1-3H3. The Morgan fingerprint density at radius 1 is 1.30 bits per heavy atom. The van der Waals surface area contributed by atoms with Gasteiger partial charge in [0.2, 0.25) is 0 Å². The fraction of sp³-hybridized carbons (Fsp3) is 0.375. The third kappa shape index (κ3) is 4.31. The lowest BCUT2D eigenvalue weighted by molar-refractivity contribution is 0.572. The van der Waals surface area contributed by atoms with Gasteiger partial charge in [-0.2, -0.15) is 9.90 Å². The molecule has 0 atom stereocenters. The molecule has 1 heterocycles. The highest BCUT2D eigenvalue weighted by Gasteiger charge is 2.01. The van der Waals surface area contributed by atoms with Crippen LogP contribution in [0.25, 0.3) is 11.8 Å². The van der Waals surface area contributed by atoms with Crippen molar-refractivity contribution in [3.63, 3.8) is 0 Å². The lowest BCUT2D eigenvalue weighted by Crippen LogP contribution is -2.21. The Morgan fingerprint density at radius 2 is 2.05 bits per heavy atom. The zero-order valence-electron chi connectivity index (χ0n) is 12.4. The van der Waals surface area contributed by atoms with Crippen molar-refractivity contribution < 1.29 is 0 Å². The van der Waals surface area contributed by atoms with Crippen molar-refractivity contribution in [2.24, 2.45) is 5.92 Å². The molecule has 2 rings (SSSR count). The zero-order valence-corrected chi connectivity index (χ0v) is 12.4. The number of rotatable bonds is 6. The van der Waals surface area contributed by atoms with Gasteiger partial charge in [-0.1, -0.05) is 37.6 Å². The zero-order chi connectivity index (χ0) is 14.4. The number of hydrogen-bond acceptors (Lipinski definition) is 3. The quantitative estimate of drug-likeness (QED) is 0.877.